The highest BCUT2D eigenvalue weighted by atomic mass is 32.2. The van der Waals surface area contributed by atoms with E-state index in [1.54, 1.807) is 42.5 Å². The van der Waals surface area contributed by atoms with Crippen molar-refractivity contribution in [3.05, 3.63) is 41.8 Å². The number of rotatable bonds is 5. The average Bonchev–Trinajstić information content (AvgIpc) is 2.92. The van der Waals surface area contributed by atoms with Gasteiger partial charge in [-0.05, 0) is 36.1 Å². The smallest absolute Gasteiger partial charge is 0.240 e. The summed E-state index contributed by atoms with van der Waals surface area (Å²) in [6.45, 7) is 1.38. The Balaban J connectivity index is 2.23. The lowest BCUT2D eigenvalue weighted by molar-refractivity contribution is 0.265. The van der Waals surface area contributed by atoms with Crippen molar-refractivity contribution in [3.63, 3.8) is 0 Å². The summed E-state index contributed by atoms with van der Waals surface area (Å²) in [7, 11) is -3.56. The van der Waals surface area contributed by atoms with Crippen molar-refractivity contribution in [2.24, 2.45) is 0 Å². The molecular formula is C13H15NO3S2. The fourth-order valence-corrected chi connectivity index (χ4v) is 3.58. The van der Waals surface area contributed by atoms with Crippen LogP contribution in [-0.2, 0) is 10.0 Å². The molecule has 0 saturated carbocycles. The Labute approximate surface area is 116 Å². The highest BCUT2D eigenvalue weighted by Crippen LogP contribution is 2.25. The van der Waals surface area contributed by atoms with Crippen LogP contribution in [0.4, 0.5) is 0 Å². The minimum atomic E-state index is -3.56. The number of aliphatic hydroxyl groups excluding tert-OH is 1. The third-order valence-electron chi connectivity index (χ3n) is 2.60. The van der Waals surface area contributed by atoms with Gasteiger partial charge in [0.2, 0.25) is 10.0 Å². The Hall–Kier alpha value is -1.21. The maximum absolute atomic E-state index is 12.0. The zero-order valence-corrected chi connectivity index (χ0v) is 12.0. The molecule has 1 atom stereocenters. The standard InChI is InChI=1S/C13H15NO3S2/c1-10(9-15)14-19(16,17)12-6-4-11(5-7-12)13-3-2-8-18-13/h2-8,10,14-15H,9H2,1H3/t10-/m1/s1. The van der Waals surface area contributed by atoms with E-state index in [1.807, 2.05) is 17.5 Å². The van der Waals surface area contributed by atoms with Crippen LogP contribution in [-0.4, -0.2) is 26.2 Å². The van der Waals surface area contributed by atoms with Crippen molar-refractivity contribution < 1.29 is 13.5 Å². The molecule has 1 aromatic heterocycles. The van der Waals surface area contributed by atoms with E-state index in [-0.39, 0.29) is 11.5 Å². The molecule has 2 N–H and O–H groups in total. The Morgan fingerprint density at radius 1 is 1.26 bits per heavy atom. The third kappa shape index (κ3) is 3.42. The summed E-state index contributed by atoms with van der Waals surface area (Å²) in [4.78, 5) is 1.30. The van der Waals surface area contributed by atoms with Crippen molar-refractivity contribution in [2.45, 2.75) is 17.9 Å². The van der Waals surface area contributed by atoms with Crippen LogP contribution in [0, 0.1) is 0 Å². The zero-order valence-electron chi connectivity index (χ0n) is 10.4. The molecule has 2 rings (SSSR count). The topological polar surface area (TPSA) is 66.4 Å². The number of aliphatic hydroxyl groups is 1. The number of sulfonamides is 1. The lowest BCUT2D eigenvalue weighted by Crippen LogP contribution is -2.34. The van der Waals surface area contributed by atoms with E-state index in [4.69, 9.17) is 5.11 Å². The van der Waals surface area contributed by atoms with Gasteiger partial charge in [-0.15, -0.1) is 11.3 Å². The van der Waals surface area contributed by atoms with Crippen LogP contribution in [0.3, 0.4) is 0 Å². The number of hydrogen-bond acceptors (Lipinski definition) is 4. The Bertz CT molecular complexity index is 618. The van der Waals surface area contributed by atoms with Crippen LogP contribution in [0.1, 0.15) is 6.92 Å². The Morgan fingerprint density at radius 2 is 1.95 bits per heavy atom. The van der Waals surface area contributed by atoms with E-state index in [0.29, 0.717) is 0 Å². The molecule has 0 unspecified atom stereocenters. The van der Waals surface area contributed by atoms with Crippen LogP contribution < -0.4 is 4.72 Å². The van der Waals surface area contributed by atoms with Gasteiger partial charge in [0.1, 0.15) is 0 Å². The summed E-state index contributed by atoms with van der Waals surface area (Å²) in [5.41, 5.74) is 0.990. The maximum atomic E-state index is 12.0. The lowest BCUT2D eigenvalue weighted by atomic mass is 10.2. The monoisotopic (exact) mass is 297 g/mol. The molecule has 6 heteroatoms. The summed E-state index contributed by atoms with van der Waals surface area (Å²) in [6.07, 6.45) is 0. The van der Waals surface area contributed by atoms with Gasteiger partial charge in [-0.2, -0.15) is 0 Å². The molecule has 0 spiro atoms. The van der Waals surface area contributed by atoms with Gasteiger partial charge < -0.3 is 5.11 Å². The van der Waals surface area contributed by atoms with E-state index < -0.39 is 16.1 Å². The van der Waals surface area contributed by atoms with Gasteiger partial charge in [-0.3, -0.25) is 0 Å². The summed E-state index contributed by atoms with van der Waals surface area (Å²) < 4.78 is 26.4. The molecular weight excluding hydrogens is 282 g/mol. The minimum absolute atomic E-state index is 0.202. The van der Waals surface area contributed by atoms with Gasteiger partial charge in [-0.25, -0.2) is 13.1 Å². The zero-order chi connectivity index (χ0) is 13.9. The molecule has 0 fully saturated rings. The summed E-state index contributed by atoms with van der Waals surface area (Å²) >= 11 is 1.61. The van der Waals surface area contributed by atoms with Crippen molar-refractivity contribution in [2.75, 3.05) is 6.61 Å². The van der Waals surface area contributed by atoms with Gasteiger partial charge in [0.15, 0.2) is 0 Å². The minimum Gasteiger partial charge on any atom is -0.395 e. The molecule has 0 aliphatic rings. The second kappa shape index (κ2) is 5.83. The fourth-order valence-electron chi connectivity index (χ4n) is 1.61. The Morgan fingerprint density at radius 3 is 2.47 bits per heavy atom. The van der Waals surface area contributed by atoms with Crippen molar-refractivity contribution in [1.82, 2.24) is 4.72 Å². The largest absolute Gasteiger partial charge is 0.395 e. The number of thiophene rings is 1. The molecule has 0 aliphatic heterocycles. The van der Waals surface area contributed by atoms with Crippen LogP contribution in [0.2, 0.25) is 0 Å². The molecule has 0 amide bonds. The predicted octanol–water partition coefficient (Wildman–Crippen LogP) is 2.07. The lowest BCUT2D eigenvalue weighted by Gasteiger charge is -2.11. The summed E-state index contributed by atoms with van der Waals surface area (Å²) in [5, 5.41) is 10.9. The molecule has 0 aliphatic carbocycles. The first-order chi connectivity index (χ1) is 9.03. The molecule has 0 bridgehead atoms. The van der Waals surface area contributed by atoms with E-state index in [0.717, 1.165) is 10.4 Å². The molecule has 1 aromatic carbocycles. The van der Waals surface area contributed by atoms with Gasteiger partial charge in [0, 0.05) is 10.9 Å². The van der Waals surface area contributed by atoms with E-state index in [9.17, 15) is 8.42 Å². The van der Waals surface area contributed by atoms with E-state index >= 15 is 0 Å². The second-order valence-electron chi connectivity index (χ2n) is 4.21. The van der Waals surface area contributed by atoms with Crippen LogP contribution in [0.15, 0.2) is 46.7 Å². The molecule has 102 valence electrons. The molecule has 0 saturated heterocycles. The van der Waals surface area contributed by atoms with Crippen molar-refractivity contribution in [3.8, 4) is 10.4 Å². The molecule has 1 heterocycles. The molecule has 19 heavy (non-hydrogen) atoms. The predicted molar refractivity (Wildman–Crippen MR) is 76.6 cm³/mol. The third-order valence-corrected chi connectivity index (χ3v) is 5.12. The first-order valence-corrected chi connectivity index (χ1v) is 8.16. The van der Waals surface area contributed by atoms with Gasteiger partial charge in [0.05, 0.1) is 11.5 Å². The maximum Gasteiger partial charge on any atom is 0.240 e. The SMILES string of the molecule is C[C@H](CO)NS(=O)(=O)c1ccc(-c2cccs2)cc1. The summed E-state index contributed by atoms with van der Waals surface area (Å²) in [5.74, 6) is 0. The van der Waals surface area contributed by atoms with Gasteiger partial charge in [-0.1, -0.05) is 18.2 Å². The van der Waals surface area contributed by atoms with E-state index in [1.165, 1.54) is 0 Å². The van der Waals surface area contributed by atoms with Crippen LogP contribution in [0.5, 0.6) is 0 Å². The fraction of sp³-hybridized carbons (Fsp3) is 0.231. The van der Waals surface area contributed by atoms with Crippen LogP contribution in [0.25, 0.3) is 10.4 Å². The van der Waals surface area contributed by atoms with Crippen molar-refractivity contribution in [1.29, 1.82) is 0 Å². The quantitative estimate of drug-likeness (QED) is 0.888. The molecule has 0 radical (unpaired) electrons. The van der Waals surface area contributed by atoms with Crippen LogP contribution >= 0.6 is 11.3 Å². The molecule has 4 nitrogen and oxygen atoms in total. The average molecular weight is 297 g/mol. The first kappa shape index (κ1) is 14.2. The molecule has 2 aromatic rings. The van der Waals surface area contributed by atoms with Crippen molar-refractivity contribution >= 4 is 21.4 Å². The first-order valence-electron chi connectivity index (χ1n) is 5.80. The number of nitrogens with one attached hydrogen (secondary N) is 1. The highest BCUT2D eigenvalue weighted by molar-refractivity contribution is 7.89. The number of benzene rings is 1. The normalized spacial score (nSPS) is 13.4. The van der Waals surface area contributed by atoms with E-state index in [2.05, 4.69) is 4.72 Å². The summed E-state index contributed by atoms with van der Waals surface area (Å²) in [6, 6.07) is 10.1. The second-order valence-corrected chi connectivity index (χ2v) is 6.87. The Kier molecular flexibility index (Phi) is 4.36. The highest BCUT2D eigenvalue weighted by Gasteiger charge is 2.16. The number of hydrogen-bond donors (Lipinski definition) is 2. The van der Waals surface area contributed by atoms with Gasteiger partial charge in [0.25, 0.3) is 0 Å². The van der Waals surface area contributed by atoms with Gasteiger partial charge >= 0.3 is 0 Å².